The van der Waals surface area contributed by atoms with Crippen LogP contribution in [0.4, 0.5) is 12.9 Å². The van der Waals surface area contributed by atoms with Crippen LogP contribution in [0.2, 0.25) is 0 Å². The summed E-state index contributed by atoms with van der Waals surface area (Å²) in [6.07, 6.45) is 0. The molecule has 0 aliphatic carbocycles. The second-order valence-electron chi connectivity index (χ2n) is 3.11. The summed E-state index contributed by atoms with van der Waals surface area (Å²) in [5, 5.41) is 0. The van der Waals surface area contributed by atoms with Gasteiger partial charge in [0.15, 0.2) is 0 Å². The van der Waals surface area contributed by atoms with E-state index in [1.165, 1.54) is 19.1 Å². The van der Waals surface area contributed by atoms with Gasteiger partial charge in [0.05, 0.1) is 7.11 Å². The molecule has 7 heteroatoms. The van der Waals surface area contributed by atoms with Gasteiger partial charge in [0, 0.05) is 5.56 Å². The van der Waals surface area contributed by atoms with E-state index in [1.54, 1.807) is 0 Å². The van der Waals surface area contributed by atoms with Crippen LogP contribution in [0.1, 0.15) is 15.9 Å². The number of carbonyl (C=O) groups is 1. The molecule has 0 radical (unpaired) electrons. The third kappa shape index (κ3) is 3.59. The number of hydrogen-bond donors (Lipinski definition) is 0. The largest absolute Gasteiger partial charge is 1.00 e. The van der Waals surface area contributed by atoms with Crippen LogP contribution in [-0.4, -0.2) is 20.1 Å². The Bertz CT molecular complexity index is 393. The first-order valence-electron chi connectivity index (χ1n) is 4.25. The van der Waals surface area contributed by atoms with Crippen LogP contribution in [0.25, 0.3) is 0 Å². The molecule has 0 heterocycles. The van der Waals surface area contributed by atoms with Gasteiger partial charge in [-0.3, -0.25) is 0 Å². The summed E-state index contributed by atoms with van der Waals surface area (Å²) >= 11 is 0. The Morgan fingerprint density at radius 3 is 2.31 bits per heavy atom. The number of carbonyl (C=O) groups excluding carboxylic acids is 1. The second kappa shape index (κ2) is 6.21. The van der Waals surface area contributed by atoms with E-state index in [1.807, 2.05) is 0 Å². The van der Waals surface area contributed by atoms with Crippen molar-refractivity contribution >= 4 is 18.4 Å². The smallest absolute Gasteiger partial charge is 0.465 e. The third-order valence-electron chi connectivity index (χ3n) is 2.05. The first-order valence-corrected chi connectivity index (χ1v) is 4.25. The second-order valence-corrected chi connectivity index (χ2v) is 3.11. The molecule has 0 N–H and O–H groups in total. The molecule has 0 unspecified atom stereocenters. The first-order chi connectivity index (χ1) is 6.88. The van der Waals surface area contributed by atoms with Crippen LogP contribution in [0.15, 0.2) is 18.2 Å². The van der Waals surface area contributed by atoms with Gasteiger partial charge in [-0.25, -0.2) is 4.79 Å². The zero-order valence-electron chi connectivity index (χ0n) is 9.26. The first kappa shape index (κ1) is 16.2. The van der Waals surface area contributed by atoms with Crippen LogP contribution in [0, 0.1) is 6.92 Å². The van der Waals surface area contributed by atoms with Crippen molar-refractivity contribution in [1.29, 1.82) is 0 Å². The van der Waals surface area contributed by atoms with Gasteiger partial charge < -0.3 is 17.7 Å². The molecule has 0 fully saturated rings. The summed E-state index contributed by atoms with van der Waals surface area (Å²) in [4.78, 5) is 11.2. The number of esters is 1. The van der Waals surface area contributed by atoms with E-state index in [-0.39, 0.29) is 56.9 Å². The van der Waals surface area contributed by atoms with Crippen molar-refractivity contribution in [1.82, 2.24) is 0 Å². The van der Waals surface area contributed by atoms with Gasteiger partial charge in [-0.1, -0.05) is 23.7 Å². The van der Waals surface area contributed by atoms with E-state index in [0.29, 0.717) is 0 Å². The van der Waals surface area contributed by atoms with Crippen LogP contribution in [-0.2, 0) is 4.74 Å². The van der Waals surface area contributed by atoms with Crippen molar-refractivity contribution in [2.75, 3.05) is 7.11 Å². The standard InChI is InChI=1S/C9H9BF3O2.K/c1-6-4-3-5-7(10(11,12)13)8(6)9(14)15-2;/h3-5H,1-2H3;/q-1;+1. The average Bonchev–Trinajstić information content (AvgIpc) is 2.15. The number of ether oxygens (including phenoxy) is 1. The fourth-order valence-corrected chi connectivity index (χ4v) is 1.34. The Morgan fingerprint density at radius 1 is 1.31 bits per heavy atom. The predicted molar refractivity (Wildman–Crippen MR) is 51.2 cm³/mol. The molecule has 1 aromatic rings. The van der Waals surface area contributed by atoms with Crippen molar-refractivity contribution in [3.63, 3.8) is 0 Å². The van der Waals surface area contributed by atoms with E-state index < -0.39 is 24.0 Å². The minimum Gasteiger partial charge on any atom is -0.465 e. The summed E-state index contributed by atoms with van der Waals surface area (Å²) in [6.45, 7) is -3.75. The fourth-order valence-electron chi connectivity index (χ4n) is 1.34. The van der Waals surface area contributed by atoms with Gasteiger partial charge >= 0.3 is 64.3 Å². The predicted octanol–water partition coefficient (Wildman–Crippen LogP) is -1.16. The average molecular weight is 256 g/mol. The molecule has 2 nitrogen and oxygen atoms in total. The van der Waals surface area contributed by atoms with E-state index in [9.17, 15) is 17.7 Å². The van der Waals surface area contributed by atoms with Crippen LogP contribution in [0.3, 0.4) is 0 Å². The molecule has 16 heavy (non-hydrogen) atoms. The number of halogens is 3. The van der Waals surface area contributed by atoms with Gasteiger partial charge in [0.25, 0.3) is 0 Å². The maximum atomic E-state index is 12.6. The van der Waals surface area contributed by atoms with Crippen molar-refractivity contribution in [2.45, 2.75) is 6.92 Å². The normalized spacial score (nSPS) is 10.6. The molecule has 0 atom stereocenters. The number of benzene rings is 1. The zero-order chi connectivity index (χ0) is 11.6. The Labute approximate surface area is 134 Å². The van der Waals surface area contributed by atoms with Gasteiger partial charge in [-0.2, -0.15) is 0 Å². The summed E-state index contributed by atoms with van der Waals surface area (Å²) < 4.78 is 42.1. The number of hydrogen-bond acceptors (Lipinski definition) is 2. The number of rotatable bonds is 2. The molecule has 0 amide bonds. The summed E-state index contributed by atoms with van der Waals surface area (Å²) in [6, 6.07) is 3.60. The van der Waals surface area contributed by atoms with Gasteiger partial charge in [0.2, 0.25) is 0 Å². The van der Waals surface area contributed by atoms with Crippen molar-refractivity contribution in [3.05, 3.63) is 29.3 Å². The van der Waals surface area contributed by atoms with Crippen molar-refractivity contribution in [2.24, 2.45) is 0 Å². The molecular weight excluding hydrogens is 247 g/mol. The molecule has 0 saturated carbocycles. The molecule has 1 aromatic carbocycles. The van der Waals surface area contributed by atoms with Crippen LogP contribution >= 0.6 is 0 Å². The summed E-state index contributed by atoms with van der Waals surface area (Å²) in [5.41, 5.74) is -1.03. The van der Waals surface area contributed by atoms with E-state index in [2.05, 4.69) is 4.74 Å². The minimum absolute atomic E-state index is 0. The molecule has 0 bridgehead atoms. The molecule has 0 spiro atoms. The molecule has 0 aromatic heterocycles. The monoisotopic (exact) mass is 256 g/mol. The van der Waals surface area contributed by atoms with Crippen molar-refractivity contribution in [3.8, 4) is 0 Å². The minimum atomic E-state index is -5.20. The van der Waals surface area contributed by atoms with E-state index in [0.717, 1.165) is 13.2 Å². The summed E-state index contributed by atoms with van der Waals surface area (Å²) in [5.74, 6) is -0.956. The van der Waals surface area contributed by atoms with Gasteiger partial charge in [0.1, 0.15) is 0 Å². The molecule has 1 rings (SSSR count). The molecule has 82 valence electrons. The summed E-state index contributed by atoms with van der Waals surface area (Å²) in [7, 11) is 1.06. The Hall–Kier alpha value is 0.181. The molecule has 0 aliphatic rings. The Kier molecular flexibility index (Phi) is 6.28. The van der Waals surface area contributed by atoms with Crippen LogP contribution in [0.5, 0.6) is 0 Å². The van der Waals surface area contributed by atoms with Crippen molar-refractivity contribution < 1.29 is 73.9 Å². The maximum Gasteiger partial charge on any atom is 1.00 e. The van der Waals surface area contributed by atoms with Gasteiger partial charge in [-0.05, 0) is 12.5 Å². The van der Waals surface area contributed by atoms with E-state index >= 15 is 0 Å². The van der Waals surface area contributed by atoms with E-state index in [4.69, 9.17) is 0 Å². The quantitative estimate of drug-likeness (QED) is 0.493. The molecule has 0 aliphatic heterocycles. The maximum absolute atomic E-state index is 12.6. The SMILES string of the molecule is COC(=O)c1c(C)cccc1[B-](F)(F)F.[K+]. The van der Waals surface area contributed by atoms with Gasteiger partial charge in [-0.15, -0.1) is 0 Å². The Morgan fingerprint density at radius 2 is 1.88 bits per heavy atom. The number of methoxy groups -OCH3 is 1. The molecule has 0 saturated heterocycles. The van der Waals surface area contributed by atoms with Crippen LogP contribution < -0.4 is 56.8 Å². The molecular formula is C9H9BF3KO2. The fraction of sp³-hybridized carbons (Fsp3) is 0.222. The number of aryl methyl sites for hydroxylation is 1. The Balaban J connectivity index is 0.00000225. The topological polar surface area (TPSA) is 26.3 Å². The zero-order valence-corrected chi connectivity index (χ0v) is 12.4. The third-order valence-corrected chi connectivity index (χ3v) is 2.05.